The average Bonchev–Trinajstić information content (AvgIpc) is 2.86. The third kappa shape index (κ3) is 2.75. The Morgan fingerprint density at radius 3 is 2.39 bits per heavy atom. The first-order valence-corrected chi connectivity index (χ1v) is 6.61. The van der Waals surface area contributed by atoms with Crippen molar-refractivity contribution in [2.75, 3.05) is 0 Å². The zero-order valence-corrected chi connectivity index (χ0v) is 11.6. The fourth-order valence-corrected chi connectivity index (χ4v) is 2.34. The van der Waals surface area contributed by atoms with E-state index in [1.54, 1.807) is 0 Å². The molecule has 0 fully saturated rings. The van der Waals surface area contributed by atoms with Crippen molar-refractivity contribution in [1.29, 1.82) is 5.26 Å². The van der Waals surface area contributed by atoms with E-state index in [9.17, 15) is 17.6 Å². The van der Waals surface area contributed by atoms with Gasteiger partial charge in [-0.05, 0) is 36.4 Å². The number of rotatable bonds is 2. The minimum absolute atomic E-state index is 0.116. The molecule has 2 aromatic heterocycles. The molecule has 0 atom stereocenters. The highest BCUT2D eigenvalue weighted by Crippen LogP contribution is 2.31. The van der Waals surface area contributed by atoms with Gasteiger partial charge in [-0.25, -0.2) is 9.37 Å². The van der Waals surface area contributed by atoms with Crippen LogP contribution in [0.5, 0.6) is 0 Å². The molecule has 0 N–H and O–H groups in total. The van der Waals surface area contributed by atoms with E-state index >= 15 is 0 Å². The number of fused-ring (bicyclic) bond motifs is 1. The van der Waals surface area contributed by atoms with Gasteiger partial charge in [0.15, 0.2) is 0 Å². The fraction of sp³-hybridized carbons (Fsp3) is 0.125. The van der Waals surface area contributed by atoms with E-state index in [1.807, 2.05) is 6.07 Å². The van der Waals surface area contributed by atoms with E-state index in [0.717, 1.165) is 12.3 Å². The van der Waals surface area contributed by atoms with Crippen LogP contribution in [0.1, 0.15) is 11.3 Å². The van der Waals surface area contributed by atoms with Crippen LogP contribution in [0.2, 0.25) is 0 Å². The van der Waals surface area contributed by atoms with E-state index < -0.39 is 17.6 Å². The second kappa shape index (κ2) is 5.39. The summed E-state index contributed by atoms with van der Waals surface area (Å²) in [6.07, 6.45) is -3.68. The van der Waals surface area contributed by atoms with Crippen LogP contribution in [-0.4, -0.2) is 9.38 Å². The minimum atomic E-state index is -4.49. The van der Waals surface area contributed by atoms with Crippen LogP contribution in [0.3, 0.4) is 0 Å². The molecule has 0 aliphatic heterocycles. The van der Waals surface area contributed by atoms with Crippen molar-refractivity contribution in [2.24, 2.45) is 0 Å². The lowest BCUT2D eigenvalue weighted by atomic mass is 10.1. The zero-order valence-electron chi connectivity index (χ0n) is 11.6. The topological polar surface area (TPSA) is 41.1 Å². The summed E-state index contributed by atoms with van der Waals surface area (Å²) in [6, 6.07) is 9.53. The predicted octanol–water partition coefficient (Wildman–Crippen LogP) is 4.23. The lowest BCUT2D eigenvalue weighted by Crippen LogP contribution is -2.07. The molecular formula is C16H9F4N3. The highest BCUT2D eigenvalue weighted by Gasteiger charge is 2.31. The lowest BCUT2D eigenvalue weighted by Gasteiger charge is -2.07. The maximum Gasteiger partial charge on any atom is 0.417 e. The number of hydrogen-bond donors (Lipinski definition) is 0. The molecule has 3 aromatic rings. The number of nitrogens with zero attached hydrogens (tertiary/aromatic N) is 3. The van der Waals surface area contributed by atoms with Crippen molar-refractivity contribution in [3.8, 4) is 17.3 Å². The highest BCUT2D eigenvalue weighted by atomic mass is 19.4. The smallest absolute Gasteiger partial charge is 0.302 e. The predicted molar refractivity (Wildman–Crippen MR) is 74.9 cm³/mol. The van der Waals surface area contributed by atoms with Gasteiger partial charge in [-0.1, -0.05) is 0 Å². The standard InChI is InChI=1S/C16H9F4N3/c17-12-4-1-10(2-5-12)15-13(7-8-21)23-9-11(16(18,19)20)3-6-14(23)22-15/h1-6,9H,7H2. The summed E-state index contributed by atoms with van der Waals surface area (Å²) in [5.74, 6) is -0.432. The summed E-state index contributed by atoms with van der Waals surface area (Å²) >= 11 is 0. The molecule has 3 nitrogen and oxygen atoms in total. The molecule has 0 saturated carbocycles. The molecule has 116 valence electrons. The van der Waals surface area contributed by atoms with Gasteiger partial charge in [-0.15, -0.1) is 0 Å². The number of halogens is 4. The molecule has 0 spiro atoms. The maximum absolute atomic E-state index is 13.0. The van der Waals surface area contributed by atoms with Crippen LogP contribution in [0.4, 0.5) is 17.6 Å². The third-order valence-electron chi connectivity index (χ3n) is 3.41. The van der Waals surface area contributed by atoms with Crippen molar-refractivity contribution < 1.29 is 17.6 Å². The normalized spacial score (nSPS) is 11.6. The molecule has 7 heteroatoms. The monoisotopic (exact) mass is 319 g/mol. The molecular weight excluding hydrogens is 310 g/mol. The molecule has 0 bridgehead atoms. The Labute approximate surface area is 128 Å². The summed E-state index contributed by atoms with van der Waals surface area (Å²) in [7, 11) is 0. The van der Waals surface area contributed by atoms with E-state index in [4.69, 9.17) is 5.26 Å². The van der Waals surface area contributed by atoms with Gasteiger partial charge < -0.3 is 4.40 Å². The quantitative estimate of drug-likeness (QED) is 0.663. The molecule has 1 aromatic carbocycles. The SMILES string of the molecule is N#CCc1c(-c2ccc(F)cc2)nc2ccc(C(F)(F)F)cn12. The van der Waals surface area contributed by atoms with Gasteiger partial charge in [0, 0.05) is 11.8 Å². The van der Waals surface area contributed by atoms with Gasteiger partial charge in [0.05, 0.1) is 29.4 Å². The van der Waals surface area contributed by atoms with Crippen LogP contribution in [0, 0.1) is 17.1 Å². The van der Waals surface area contributed by atoms with Crippen LogP contribution in [-0.2, 0) is 12.6 Å². The molecule has 0 radical (unpaired) electrons. The first-order chi connectivity index (χ1) is 10.9. The summed E-state index contributed by atoms with van der Waals surface area (Å²) in [5, 5.41) is 8.97. The van der Waals surface area contributed by atoms with Crippen molar-refractivity contribution >= 4 is 5.65 Å². The molecule has 2 heterocycles. The van der Waals surface area contributed by atoms with Crippen LogP contribution < -0.4 is 0 Å². The van der Waals surface area contributed by atoms with Gasteiger partial charge in [0.1, 0.15) is 11.5 Å². The summed E-state index contributed by atoms with van der Waals surface area (Å²) in [5.41, 5.74) is 0.704. The van der Waals surface area contributed by atoms with E-state index in [0.29, 0.717) is 22.6 Å². The molecule has 0 aliphatic rings. The van der Waals surface area contributed by atoms with E-state index in [2.05, 4.69) is 4.98 Å². The largest absolute Gasteiger partial charge is 0.417 e. The number of alkyl halides is 3. The van der Waals surface area contributed by atoms with Crippen molar-refractivity contribution in [3.05, 3.63) is 59.7 Å². The minimum Gasteiger partial charge on any atom is -0.302 e. The van der Waals surface area contributed by atoms with Gasteiger partial charge in [0.25, 0.3) is 0 Å². The van der Waals surface area contributed by atoms with Gasteiger partial charge in [-0.3, -0.25) is 0 Å². The van der Waals surface area contributed by atoms with E-state index in [-0.39, 0.29) is 6.42 Å². The van der Waals surface area contributed by atoms with Crippen LogP contribution >= 0.6 is 0 Å². The van der Waals surface area contributed by atoms with Crippen molar-refractivity contribution in [2.45, 2.75) is 12.6 Å². The highest BCUT2D eigenvalue weighted by molar-refractivity contribution is 5.67. The fourth-order valence-electron chi connectivity index (χ4n) is 2.34. The van der Waals surface area contributed by atoms with Gasteiger partial charge >= 0.3 is 6.18 Å². The average molecular weight is 319 g/mol. The lowest BCUT2D eigenvalue weighted by molar-refractivity contribution is -0.137. The Morgan fingerprint density at radius 2 is 1.78 bits per heavy atom. The first kappa shape index (κ1) is 15.0. The molecule has 0 saturated heterocycles. The van der Waals surface area contributed by atoms with Crippen LogP contribution in [0.25, 0.3) is 16.9 Å². The Hall–Kier alpha value is -2.88. The molecule has 23 heavy (non-hydrogen) atoms. The summed E-state index contributed by atoms with van der Waals surface area (Å²) in [4.78, 5) is 4.28. The molecule has 0 aliphatic carbocycles. The third-order valence-corrected chi connectivity index (χ3v) is 3.41. The molecule has 0 amide bonds. The summed E-state index contributed by atoms with van der Waals surface area (Å²) in [6.45, 7) is 0. The van der Waals surface area contributed by atoms with Crippen molar-refractivity contribution in [1.82, 2.24) is 9.38 Å². The Kier molecular flexibility index (Phi) is 3.52. The number of imidazole rings is 1. The Bertz CT molecular complexity index is 902. The van der Waals surface area contributed by atoms with Gasteiger partial charge in [0.2, 0.25) is 0 Å². The molecule has 0 unspecified atom stereocenters. The number of pyridine rings is 1. The second-order valence-electron chi connectivity index (χ2n) is 4.89. The number of hydrogen-bond acceptors (Lipinski definition) is 2. The molecule has 3 rings (SSSR count). The van der Waals surface area contributed by atoms with E-state index in [1.165, 1.54) is 34.7 Å². The number of nitriles is 1. The zero-order chi connectivity index (χ0) is 16.6. The van der Waals surface area contributed by atoms with Crippen molar-refractivity contribution in [3.63, 3.8) is 0 Å². The summed E-state index contributed by atoms with van der Waals surface area (Å²) < 4.78 is 52.9. The number of benzene rings is 1. The Balaban J connectivity index is 2.24. The second-order valence-corrected chi connectivity index (χ2v) is 4.89. The first-order valence-electron chi connectivity index (χ1n) is 6.61. The number of aromatic nitrogens is 2. The Morgan fingerprint density at radius 1 is 1.09 bits per heavy atom. The van der Waals surface area contributed by atoms with Gasteiger partial charge in [-0.2, -0.15) is 18.4 Å². The maximum atomic E-state index is 13.0. The van der Waals surface area contributed by atoms with Crippen LogP contribution in [0.15, 0.2) is 42.6 Å².